The van der Waals surface area contributed by atoms with Crippen LogP contribution in [0.2, 0.25) is 0 Å². The molecule has 0 aliphatic carbocycles. The van der Waals surface area contributed by atoms with E-state index in [9.17, 15) is 20.2 Å². The van der Waals surface area contributed by atoms with E-state index in [1.54, 1.807) is 10.9 Å². The van der Waals surface area contributed by atoms with Crippen molar-refractivity contribution >= 4 is 11.6 Å². The predicted octanol–water partition coefficient (Wildman–Crippen LogP) is -1.53. The highest BCUT2D eigenvalue weighted by atomic mass is 16.7. The van der Waals surface area contributed by atoms with Crippen LogP contribution in [0.25, 0.3) is 0 Å². The van der Waals surface area contributed by atoms with Crippen molar-refractivity contribution in [3.05, 3.63) is 20.2 Å². The molecule has 0 amide bonds. The smallest absolute Gasteiger partial charge is 0.234 e. The first kappa shape index (κ1) is 9.43. The quantitative estimate of drug-likeness (QED) is 0.432. The number of rotatable bonds is 4. The van der Waals surface area contributed by atoms with Crippen LogP contribution in [0.1, 0.15) is 0 Å². The van der Waals surface area contributed by atoms with Crippen LogP contribution >= 0.6 is 0 Å². The van der Waals surface area contributed by atoms with Gasteiger partial charge in [0.15, 0.2) is 10.1 Å². The Hall–Kier alpha value is -2.66. The number of anilines is 2. The molecule has 14 heavy (non-hydrogen) atoms. The van der Waals surface area contributed by atoms with Gasteiger partial charge in [-0.25, -0.2) is 20.2 Å². The molecule has 0 fully saturated rings. The van der Waals surface area contributed by atoms with Gasteiger partial charge in [0, 0.05) is 0 Å². The van der Waals surface area contributed by atoms with Crippen LogP contribution in [0, 0.1) is 20.2 Å². The third-order valence-corrected chi connectivity index (χ3v) is 0.948. The van der Waals surface area contributed by atoms with Crippen LogP contribution in [-0.4, -0.2) is 30.7 Å². The monoisotopic (exact) mass is 202 g/mol. The van der Waals surface area contributed by atoms with Gasteiger partial charge in [-0.15, -0.1) is 10.2 Å². The third-order valence-electron chi connectivity index (χ3n) is 0.948. The van der Waals surface area contributed by atoms with Crippen molar-refractivity contribution in [2.24, 2.45) is 0 Å². The number of nitrogens with zero attached hydrogens (tertiary/aromatic N) is 6. The molecule has 0 aliphatic heterocycles. The molecule has 0 aliphatic rings. The Balaban J connectivity index is 2.90. The maximum atomic E-state index is 9.99. The molecular weight excluding hydrogens is 200 g/mol. The van der Waals surface area contributed by atoms with Crippen molar-refractivity contribution in [2.75, 3.05) is 10.9 Å². The Bertz CT molecular complexity index is 329. The van der Waals surface area contributed by atoms with Crippen molar-refractivity contribution in [1.29, 1.82) is 0 Å². The second-order valence-electron chi connectivity index (χ2n) is 1.81. The number of nitro groups is 2. The normalized spacial score (nSPS) is 9.14. The zero-order chi connectivity index (χ0) is 10.6. The van der Waals surface area contributed by atoms with Gasteiger partial charge in [0.2, 0.25) is 0 Å². The van der Waals surface area contributed by atoms with E-state index in [2.05, 4.69) is 20.6 Å². The van der Waals surface area contributed by atoms with Crippen LogP contribution in [0.4, 0.5) is 11.6 Å². The van der Waals surface area contributed by atoms with Crippen LogP contribution in [0.3, 0.4) is 0 Å². The Morgan fingerprint density at radius 3 is 1.57 bits per heavy atom. The van der Waals surface area contributed by atoms with Crippen LogP contribution in [0.15, 0.2) is 0 Å². The minimum absolute atomic E-state index is 0.498. The fourth-order valence-electron chi connectivity index (χ4n) is 0.548. The molecule has 1 aromatic rings. The average Bonchev–Trinajstić information content (AvgIpc) is 2.06. The maximum absolute atomic E-state index is 9.99. The van der Waals surface area contributed by atoms with Crippen molar-refractivity contribution in [1.82, 2.24) is 20.6 Å². The van der Waals surface area contributed by atoms with Gasteiger partial charge in [-0.05, 0) is 10.4 Å². The van der Waals surface area contributed by atoms with Crippen LogP contribution in [0.5, 0.6) is 0 Å². The first-order chi connectivity index (χ1) is 6.59. The summed E-state index contributed by atoms with van der Waals surface area (Å²) in [5, 5.41) is 30.2. The van der Waals surface area contributed by atoms with Gasteiger partial charge in [-0.1, -0.05) is 10.9 Å². The van der Waals surface area contributed by atoms with Gasteiger partial charge in [-0.3, -0.25) is 0 Å². The standard InChI is InChI=1S/C2H2N8O4/c11-9(12)5-1-2(6-10(13)14)4-8-7-3-1/h(H,3,5,8)(H,4,6,7). The predicted molar refractivity (Wildman–Crippen MR) is 38.9 cm³/mol. The number of hydrogen-bond acceptors (Lipinski definition) is 8. The molecule has 0 bridgehead atoms. The van der Waals surface area contributed by atoms with Crippen LogP contribution in [-0.2, 0) is 0 Å². The Kier molecular flexibility index (Phi) is 2.58. The molecule has 0 aromatic carbocycles. The van der Waals surface area contributed by atoms with Gasteiger partial charge < -0.3 is 0 Å². The van der Waals surface area contributed by atoms with E-state index in [1.807, 2.05) is 0 Å². The lowest BCUT2D eigenvalue weighted by atomic mass is 10.7. The first-order valence-corrected chi connectivity index (χ1v) is 2.97. The highest BCUT2D eigenvalue weighted by molar-refractivity contribution is 5.54. The molecule has 2 N–H and O–H groups in total. The van der Waals surface area contributed by atoms with E-state index in [0.29, 0.717) is 0 Å². The van der Waals surface area contributed by atoms with Gasteiger partial charge in [0.25, 0.3) is 11.6 Å². The van der Waals surface area contributed by atoms with E-state index in [-0.39, 0.29) is 0 Å². The Morgan fingerprint density at radius 2 is 1.29 bits per heavy atom. The second-order valence-corrected chi connectivity index (χ2v) is 1.81. The number of hydrazine groups is 2. The summed E-state index contributed by atoms with van der Waals surface area (Å²) < 4.78 is 0. The topological polar surface area (TPSA) is 162 Å². The largest absolute Gasteiger partial charge is 0.263 e. The summed E-state index contributed by atoms with van der Waals surface area (Å²) in [6.45, 7) is 0. The summed E-state index contributed by atoms with van der Waals surface area (Å²) >= 11 is 0. The maximum Gasteiger partial charge on any atom is 0.263 e. The summed E-state index contributed by atoms with van der Waals surface area (Å²) in [5.74, 6) is -0.997. The molecule has 0 spiro atoms. The van der Waals surface area contributed by atoms with E-state index < -0.39 is 21.7 Å². The van der Waals surface area contributed by atoms with Crippen molar-refractivity contribution in [3.8, 4) is 0 Å². The zero-order valence-electron chi connectivity index (χ0n) is 6.32. The lowest BCUT2D eigenvalue weighted by Gasteiger charge is -1.97. The molecule has 1 rings (SSSR count). The number of hydrogen-bond donors (Lipinski definition) is 2. The first-order valence-electron chi connectivity index (χ1n) is 2.97. The summed E-state index contributed by atoms with van der Waals surface area (Å²) in [6.07, 6.45) is 0. The highest BCUT2D eigenvalue weighted by Crippen LogP contribution is 2.11. The zero-order valence-corrected chi connectivity index (χ0v) is 6.32. The molecule has 74 valence electrons. The molecule has 1 heterocycles. The number of nitrogens with one attached hydrogen (secondary N) is 2. The summed E-state index contributed by atoms with van der Waals surface area (Å²) in [4.78, 5) is 20.0. The fraction of sp³-hybridized carbons (Fsp3) is 0. The molecule has 0 saturated carbocycles. The molecule has 0 saturated heterocycles. The minimum atomic E-state index is -0.961. The Labute approximate surface area is 74.6 Å². The lowest BCUT2D eigenvalue weighted by Crippen LogP contribution is -2.17. The summed E-state index contributed by atoms with van der Waals surface area (Å²) in [7, 11) is 0. The number of aromatic nitrogens is 4. The molecule has 12 nitrogen and oxygen atoms in total. The SMILES string of the molecule is O=[N+]([O-])Nc1nnnnc1N[N+](=O)[O-]. The van der Waals surface area contributed by atoms with Gasteiger partial charge >= 0.3 is 0 Å². The average molecular weight is 202 g/mol. The van der Waals surface area contributed by atoms with E-state index in [4.69, 9.17) is 0 Å². The minimum Gasteiger partial charge on any atom is -0.234 e. The molecular formula is C2H2N8O4. The highest BCUT2D eigenvalue weighted by Gasteiger charge is 2.15. The third kappa shape index (κ3) is 2.43. The van der Waals surface area contributed by atoms with Crippen molar-refractivity contribution in [2.45, 2.75) is 0 Å². The Morgan fingerprint density at radius 1 is 0.929 bits per heavy atom. The van der Waals surface area contributed by atoms with E-state index >= 15 is 0 Å². The molecule has 1 aromatic heterocycles. The second kappa shape index (κ2) is 3.83. The van der Waals surface area contributed by atoms with Crippen LogP contribution < -0.4 is 10.9 Å². The van der Waals surface area contributed by atoms with Gasteiger partial charge in [0.05, 0.1) is 0 Å². The molecule has 0 unspecified atom stereocenters. The van der Waals surface area contributed by atoms with E-state index in [0.717, 1.165) is 0 Å². The summed E-state index contributed by atoms with van der Waals surface area (Å²) in [5.41, 5.74) is 3.12. The van der Waals surface area contributed by atoms with Gasteiger partial charge in [-0.2, -0.15) is 0 Å². The van der Waals surface area contributed by atoms with Crippen molar-refractivity contribution < 1.29 is 10.1 Å². The van der Waals surface area contributed by atoms with E-state index in [1.165, 1.54) is 0 Å². The van der Waals surface area contributed by atoms with Crippen molar-refractivity contribution in [3.63, 3.8) is 0 Å². The summed E-state index contributed by atoms with van der Waals surface area (Å²) in [6, 6.07) is 0. The lowest BCUT2D eigenvalue weighted by molar-refractivity contribution is -0.449. The molecule has 0 radical (unpaired) electrons. The van der Waals surface area contributed by atoms with Gasteiger partial charge in [0.1, 0.15) is 0 Å². The fourth-order valence-corrected chi connectivity index (χ4v) is 0.548. The molecule has 12 heteroatoms. The molecule has 0 atom stereocenters.